The van der Waals surface area contributed by atoms with E-state index in [0.29, 0.717) is 38.9 Å². The number of benzene rings is 2. The number of nitrogens with one attached hydrogen (secondary N) is 1. The molecule has 3 rings (SSSR count). The molecular weight excluding hydrogens is 314 g/mol. The van der Waals surface area contributed by atoms with Gasteiger partial charge < -0.3 is 10.5 Å². The highest BCUT2D eigenvalue weighted by Gasteiger charge is 2.24. The van der Waals surface area contributed by atoms with Crippen LogP contribution < -0.4 is 5.32 Å². The second-order valence-corrected chi connectivity index (χ2v) is 5.53. The van der Waals surface area contributed by atoms with Crippen molar-refractivity contribution in [2.75, 3.05) is 13.6 Å². The van der Waals surface area contributed by atoms with Crippen LogP contribution in [0.3, 0.4) is 0 Å². The van der Waals surface area contributed by atoms with Crippen LogP contribution in [0.2, 0.25) is 5.02 Å². The van der Waals surface area contributed by atoms with E-state index < -0.39 is 0 Å². The molecule has 0 spiro atoms. The van der Waals surface area contributed by atoms with E-state index in [1.807, 2.05) is 0 Å². The molecule has 2 aromatic carbocycles. The first-order valence-electron chi connectivity index (χ1n) is 7.05. The number of hydrogen-bond acceptors (Lipinski definition) is 4. The molecule has 0 saturated heterocycles. The van der Waals surface area contributed by atoms with Crippen LogP contribution in [0.5, 0.6) is 0 Å². The van der Waals surface area contributed by atoms with Gasteiger partial charge in [-0.3, -0.25) is 4.79 Å². The lowest BCUT2D eigenvalue weighted by atomic mass is 9.99. The Morgan fingerprint density at radius 1 is 1.26 bits per heavy atom. The lowest BCUT2D eigenvalue weighted by molar-refractivity contribution is -0.439. The molecule has 0 radical (unpaired) electrons. The standard InChI is InChI=1S/C17H14ClN3O2/c1-19-16-9-21(23)17(12-4-2-11(10-22)3-5-12)14-8-13(18)6-7-15(14)20-16/h2-8,10H,9H2,1H3,(H,19,20). The Morgan fingerprint density at radius 2 is 2.00 bits per heavy atom. The molecule has 0 aliphatic carbocycles. The van der Waals surface area contributed by atoms with Crippen molar-refractivity contribution < 1.29 is 9.53 Å². The van der Waals surface area contributed by atoms with Crippen LogP contribution in [-0.2, 0) is 0 Å². The number of rotatable bonds is 2. The largest absolute Gasteiger partial charge is 0.623 e. The molecule has 1 aliphatic heterocycles. The van der Waals surface area contributed by atoms with Crippen molar-refractivity contribution in [2.45, 2.75) is 0 Å². The van der Waals surface area contributed by atoms with E-state index >= 15 is 0 Å². The van der Waals surface area contributed by atoms with Crippen LogP contribution in [0.15, 0.2) is 47.5 Å². The maximum Gasteiger partial charge on any atom is 0.228 e. The number of aliphatic imine (C=N–C) groups is 1. The number of nitrogens with zero attached hydrogens (tertiary/aromatic N) is 2. The summed E-state index contributed by atoms with van der Waals surface area (Å²) >= 11 is 6.10. The quantitative estimate of drug-likeness (QED) is 0.524. The minimum atomic E-state index is 0.105. The summed E-state index contributed by atoms with van der Waals surface area (Å²) in [5.41, 5.74) is 3.08. The van der Waals surface area contributed by atoms with E-state index in [4.69, 9.17) is 11.6 Å². The first-order valence-corrected chi connectivity index (χ1v) is 7.42. The van der Waals surface area contributed by atoms with Gasteiger partial charge in [0.1, 0.15) is 6.29 Å². The summed E-state index contributed by atoms with van der Waals surface area (Å²) in [6, 6.07) is 12.1. The van der Waals surface area contributed by atoms with Gasteiger partial charge in [-0.2, -0.15) is 4.74 Å². The molecule has 1 heterocycles. The van der Waals surface area contributed by atoms with Crippen LogP contribution in [0.25, 0.3) is 0 Å². The summed E-state index contributed by atoms with van der Waals surface area (Å²) in [5.74, 6) is 0.572. The SMILES string of the molecule is CNC1=Nc2ccc(Cl)cc2C(c2ccc(C=O)cc2)=[N+]([O-])C1. The monoisotopic (exact) mass is 327 g/mol. The number of carbonyl (C=O) groups excluding carboxylic acids is 1. The molecule has 5 nitrogen and oxygen atoms in total. The normalized spacial score (nSPS) is 13.9. The van der Waals surface area contributed by atoms with E-state index in [0.717, 1.165) is 11.0 Å². The van der Waals surface area contributed by atoms with Crippen LogP contribution in [-0.4, -0.2) is 36.2 Å². The zero-order chi connectivity index (χ0) is 16.4. The summed E-state index contributed by atoms with van der Waals surface area (Å²) in [7, 11) is 1.73. The first-order chi connectivity index (χ1) is 11.1. The third kappa shape index (κ3) is 2.96. The zero-order valence-electron chi connectivity index (χ0n) is 12.4. The van der Waals surface area contributed by atoms with Crippen molar-refractivity contribution in [3.05, 3.63) is 69.4 Å². The van der Waals surface area contributed by atoms with Crippen molar-refractivity contribution >= 4 is 35.1 Å². The number of aldehydes is 1. The van der Waals surface area contributed by atoms with Gasteiger partial charge in [-0.25, -0.2) is 4.99 Å². The van der Waals surface area contributed by atoms with Crippen LogP contribution in [0.1, 0.15) is 21.5 Å². The summed E-state index contributed by atoms with van der Waals surface area (Å²) in [4.78, 5) is 15.3. The topological polar surface area (TPSA) is 67.5 Å². The number of halogens is 1. The van der Waals surface area contributed by atoms with E-state index in [-0.39, 0.29) is 6.54 Å². The van der Waals surface area contributed by atoms with Crippen molar-refractivity contribution in [3.63, 3.8) is 0 Å². The third-order valence-electron chi connectivity index (χ3n) is 3.62. The van der Waals surface area contributed by atoms with E-state index in [1.165, 1.54) is 0 Å². The molecule has 0 unspecified atom stereocenters. The number of hydrogen-bond donors (Lipinski definition) is 1. The number of hydroxylamine groups is 1. The Kier molecular flexibility index (Phi) is 4.12. The zero-order valence-corrected chi connectivity index (χ0v) is 13.2. The Balaban J connectivity index is 2.22. The Labute approximate surface area is 138 Å². The van der Waals surface area contributed by atoms with Gasteiger partial charge in [-0.1, -0.05) is 23.7 Å². The fraction of sp³-hybridized carbons (Fsp3) is 0.118. The van der Waals surface area contributed by atoms with Gasteiger partial charge in [0.2, 0.25) is 12.3 Å². The number of amidine groups is 1. The van der Waals surface area contributed by atoms with Crippen molar-refractivity contribution in [3.8, 4) is 0 Å². The van der Waals surface area contributed by atoms with Crippen LogP contribution >= 0.6 is 11.6 Å². The minimum Gasteiger partial charge on any atom is -0.623 e. The molecule has 23 heavy (non-hydrogen) atoms. The number of likely N-dealkylation sites (N-methyl/N-ethyl adjacent to an activating group) is 1. The van der Waals surface area contributed by atoms with E-state index in [9.17, 15) is 10.0 Å². The van der Waals surface area contributed by atoms with E-state index in [2.05, 4.69) is 10.3 Å². The molecule has 0 atom stereocenters. The first kappa shape index (κ1) is 15.2. The molecule has 6 heteroatoms. The molecule has 2 aromatic rings. The molecule has 0 aromatic heterocycles. The minimum absolute atomic E-state index is 0.105. The fourth-order valence-electron chi connectivity index (χ4n) is 2.48. The highest BCUT2D eigenvalue weighted by atomic mass is 35.5. The number of carbonyl (C=O) groups is 1. The van der Waals surface area contributed by atoms with Crippen molar-refractivity contribution in [2.24, 2.45) is 4.99 Å². The van der Waals surface area contributed by atoms with E-state index in [1.54, 1.807) is 49.5 Å². The Morgan fingerprint density at radius 3 is 2.65 bits per heavy atom. The van der Waals surface area contributed by atoms with Gasteiger partial charge in [0, 0.05) is 23.2 Å². The summed E-state index contributed by atoms with van der Waals surface area (Å²) in [6.07, 6.45) is 0.767. The predicted octanol–water partition coefficient (Wildman–Crippen LogP) is 2.76. The highest BCUT2D eigenvalue weighted by molar-refractivity contribution is 6.31. The van der Waals surface area contributed by atoms with Gasteiger partial charge in [-0.05, 0) is 30.3 Å². The Bertz CT molecular complexity index is 826. The fourth-order valence-corrected chi connectivity index (χ4v) is 2.65. The lowest BCUT2D eigenvalue weighted by Crippen LogP contribution is -2.29. The molecular formula is C17H14ClN3O2. The van der Waals surface area contributed by atoms with Gasteiger partial charge in [-0.15, -0.1) is 0 Å². The summed E-state index contributed by atoms with van der Waals surface area (Å²) in [5, 5.41) is 16.1. The van der Waals surface area contributed by atoms with Crippen molar-refractivity contribution in [1.29, 1.82) is 0 Å². The Hall–Kier alpha value is -2.66. The molecule has 116 valence electrons. The maximum atomic E-state index is 12.7. The second-order valence-electron chi connectivity index (χ2n) is 5.10. The number of fused-ring (bicyclic) bond motifs is 1. The third-order valence-corrected chi connectivity index (χ3v) is 3.86. The summed E-state index contributed by atoms with van der Waals surface area (Å²) < 4.78 is 0.882. The van der Waals surface area contributed by atoms with Crippen molar-refractivity contribution in [1.82, 2.24) is 5.32 Å². The molecule has 0 bridgehead atoms. The van der Waals surface area contributed by atoms with Gasteiger partial charge >= 0.3 is 0 Å². The molecule has 1 aliphatic rings. The molecule has 0 fully saturated rings. The average molecular weight is 328 g/mol. The molecule has 0 saturated carbocycles. The maximum absolute atomic E-state index is 12.7. The average Bonchev–Trinajstić information content (AvgIpc) is 2.70. The molecule has 0 amide bonds. The van der Waals surface area contributed by atoms with Gasteiger partial charge in [0.15, 0.2) is 5.84 Å². The smallest absolute Gasteiger partial charge is 0.228 e. The molecule has 1 N–H and O–H groups in total. The van der Waals surface area contributed by atoms with Crippen LogP contribution in [0, 0.1) is 5.21 Å². The lowest BCUT2D eigenvalue weighted by Gasteiger charge is -2.11. The highest BCUT2D eigenvalue weighted by Crippen LogP contribution is 2.28. The van der Waals surface area contributed by atoms with Gasteiger partial charge in [0.05, 0.1) is 11.3 Å². The van der Waals surface area contributed by atoms with Crippen LogP contribution in [0.4, 0.5) is 5.69 Å². The second kappa shape index (κ2) is 6.22. The summed E-state index contributed by atoms with van der Waals surface area (Å²) in [6.45, 7) is 0.105. The van der Waals surface area contributed by atoms with Gasteiger partial charge in [0.25, 0.3) is 0 Å². The predicted molar refractivity (Wildman–Crippen MR) is 91.1 cm³/mol.